The van der Waals surface area contributed by atoms with Crippen LogP contribution in [0, 0.1) is 0 Å². The first-order chi connectivity index (χ1) is 11.5. The molecule has 120 valence electrons. The molecular formula is C17H11ClN2O3S. The van der Waals surface area contributed by atoms with E-state index in [1.165, 1.54) is 24.3 Å². The number of hydrogen-bond acceptors (Lipinski definition) is 3. The SMILES string of the molecule is O=C1Nc2ccc(NS(=O)(=O)c3ccc(Cl)cc3)c3cccc1c23. The van der Waals surface area contributed by atoms with E-state index < -0.39 is 10.0 Å². The van der Waals surface area contributed by atoms with E-state index in [2.05, 4.69) is 10.0 Å². The van der Waals surface area contributed by atoms with E-state index in [1.807, 2.05) is 0 Å². The van der Waals surface area contributed by atoms with Crippen molar-refractivity contribution in [2.24, 2.45) is 0 Å². The third-order valence-corrected chi connectivity index (χ3v) is 5.54. The number of anilines is 2. The van der Waals surface area contributed by atoms with E-state index in [0.717, 1.165) is 5.39 Å². The first kappa shape index (κ1) is 15.0. The molecule has 0 saturated heterocycles. The number of halogens is 1. The van der Waals surface area contributed by atoms with Gasteiger partial charge < -0.3 is 5.32 Å². The summed E-state index contributed by atoms with van der Waals surface area (Å²) in [6.45, 7) is 0. The minimum atomic E-state index is -3.75. The predicted octanol–water partition coefficient (Wildman–Crippen LogP) is 3.86. The Bertz CT molecular complexity index is 1090. The van der Waals surface area contributed by atoms with Crippen molar-refractivity contribution in [2.45, 2.75) is 4.90 Å². The van der Waals surface area contributed by atoms with Gasteiger partial charge in [-0.05, 0) is 42.5 Å². The van der Waals surface area contributed by atoms with Crippen LogP contribution in [0.4, 0.5) is 11.4 Å². The maximum atomic E-state index is 12.6. The molecule has 0 bridgehead atoms. The number of rotatable bonds is 3. The van der Waals surface area contributed by atoms with E-state index >= 15 is 0 Å². The molecule has 5 nitrogen and oxygen atoms in total. The number of sulfonamides is 1. The molecule has 1 amide bonds. The highest BCUT2D eigenvalue weighted by atomic mass is 35.5. The van der Waals surface area contributed by atoms with Gasteiger partial charge in [0, 0.05) is 27.0 Å². The molecule has 1 heterocycles. The fourth-order valence-electron chi connectivity index (χ4n) is 2.80. The molecule has 4 rings (SSSR count). The van der Waals surface area contributed by atoms with Crippen LogP contribution in [0.3, 0.4) is 0 Å². The largest absolute Gasteiger partial charge is 0.321 e. The van der Waals surface area contributed by atoms with Gasteiger partial charge in [0.15, 0.2) is 0 Å². The average molecular weight is 359 g/mol. The van der Waals surface area contributed by atoms with Crippen LogP contribution in [0.2, 0.25) is 5.02 Å². The molecule has 0 atom stereocenters. The second-order valence-electron chi connectivity index (χ2n) is 5.40. The van der Waals surface area contributed by atoms with Crippen molar-refractivity contribution in [1.29, 1.82) is 0 Å². The zero-order valence-corrected chi connectivity index (χ0v) is 13.8. The number of amides is 1. The lowest BCUT2D eigenvalue weighted by molar-refractivity contribution is 0.103. The van der Waals surface area contributed by atoms with Gasteiger partial charge in [-0.3, -0.25) is 9.52 Å². The predicted molar refractivity (Wildman–Crippen MR) is 94.2 cm³/mol. The highest BCUT2D eigenvalue weighted by molar-refractivity contribution is 7.92. The molecule has 0 aliphatic carbocycles. The molecule has 3 aromatic carbocycles. The molecule has 1 aliphatic rings. The van der Waals surface area contributed by atoms with Gasteiger partial charge in [-0.25, -0.2) is 8.42 Å². The Morgan fingerprint density at radius 3 is 2.46 bits per heavy atom. The fourth-order valence-corrected chi connectivity index (χ4v) is 4.00. The molecule has 0 fully saturated rings. The van der Waals surface area contributed by atoms with Crippen LogP contribution in [-0.4, -0.2) is 14.3 Å². The zero-order valence-electron chi connectivity index (χ0n) is 12.2. The summed E-state index contributed by atoms with van der Waals surface area (Å²) >= 11 is 5.80. The normalized spacial score (nSPS) is 13.1. The van der Waals surface area contributed by atoms with Gasteiger partial charge >= 0.3 is 0 Å². The van der Waals surface area contributed by atoms with Gasteiger partial charge in [-0.2, -0.15) is 0 Å². The van der Waals surface area contributed by atoms with Crippen LogP contribution >= 0.6 is 11.6 Å². The molecule has 2 N–H and O–H groups in total. The van der Waals surface area contributed by atoms with Crippen molar-refractivity contribution in [3.8, 4) is 0 Å². The maximum Gasteiger partial charge on any atom is 0.261 e. The summed E-state index contributed by atoms with van der Waals surface area (Å²) in [5.41, 5.74) is 1.64. The van der Waals surface area contributed by atoms with Crippen LogP contribution in [-0.2, 0) is 10.0 Å². The van der Waals surface area contributed by atoms with Gasteiger partial charge in [0.1, 0.15) is 0 Å². The summed E-state index contributed by atoms with van der Waals surface area (Å²) in [6, 6.07) is 14.5. The Morgan fingerprint density at radius 2 is 1.71 bits per heavy atom. The lowest BCUT2D eigenvalue weighted by Gasteiger charge is -2.11. The van der Waals surface area contributed by atoms with E-state index in [-0.39, 0.29) is 10.8 Å². The molecule has 0 unspecified atom stereocenters. The summed E-state index contributed by atoms with van der Waals surface area (Å²) in [5.74, 6) is -0.187. The zero-order chi connectivity index (χ0) is 16.9. The molecular weight excluding hydrogens is 348 g/mol. The first-order valence-electron chi connectivity index (χ1n) is 7.11. The highest BCUT2D eigenvalue weighted by Crippen LogP contribution is 2.37. The first-order valence-corrected chi connectivity index (χ1v) is 8.97. The minimum absolute atomic E-state index is 0.115. The van der Waals surface area contributed by atoms with Gasteiger partial charge in [-0.15, -0.1) is 0 Å². The van der Waals surface area contributed by atoms with Crippen LogP contribution in [0.15, 0.2) is 59.5 Å². The number of benzene rings is 3. The fraction of sp³-hybridized carbons (Fsp3) is 0. The second-order valence-corrected chi connectivity index (χ2v) is 7.52. The third-order valence-electron chi connectivity index (χ3n) is 3.90. The number of carbonyl (C=O) groups is 1. The lowest BCUT2D eigenvalue weighted by atomic mass is 10.0. The van der Waals surface area contributed by atoms with E-state index in [1.54, 1.807) is 30.3 Å². The third kappa shape index (κ3) is 2.31. The second kappa shape index (κ2) is 5.22. The highest BCUT2D eigenvalue weighted by Gasteiger charge is 2.23. The Balaban J connectivity index is 1.83. The van der Waals surface area contributed by atoms with Crippen LogP contribution in [0.5, 0.6) is 0 Å². The Labute approximate surface area is 143 Å². The smallest absolute Gasteiger partial charge is 0.261 e. The van der Waals surface area contributed by atoms with Crippen LogP contribution < -0.4 is 10.0 Å². The molecule has 0 saturated carbocycles. The number of nitrogens with one attached hydrogen (secondary N) is 2. The summed E-state index contributed by atoms with van der Waals surface area (Å²) in [4.78, 5) is 12.0. The van der Waals surface area contributed by atoms with Crippen molar-refractivity contribution in [1.82, 2.24) is 0 Å². The van der Waals surface area contributed by atoms with Crippen molar-refractivity contribution in [3.63, 3.8) is 0 Å². The summed E-state index contributed by atoms with van der Waals surface area (Å²) in [5, 5.41) is 4.62. The van der Waals surface area contributed by atoms with Crippen LogP contribution in [0.25, 0.3) is 10.8 Å². The van der Waals surface area contributed by atoms with Crippen molar-refractivity contribution in [2.75, 3.05) is 10.0 Å². The Morgan fingerprint density at radius 1 is 0.958 bits per heavy atom. The molecule has 0 spiro atoms. The molecule has 0 aromatic heterocycles. The standard InChI is InChI=1S/C17H11ClN2O3S/c18-10-4-6-11(7-5-10)24(22,23)20-14-8-9-15-16-12(14)2-1-3-13(16)17(21)19-15/h1-9,20H,(H,19,21). The summed E-state index contributed by atoms with van der Waals surface area (Å²) < 4.78 is 27.7. The summed E-state index contributed by atoms with van der Waals surface area (Å²) in [7, 11) is -3.75. The molecule has 7 heteroatoms. The minimum Gasteiger partial charge on any atom is -0.321 e. The molecule has 1 aliphatic heterocycles. The van der Waals surface area contributed by atoms with E-state index in [4.69, 9.17) is 11.6 Å². The lowest BCUT2D eigenvalue weighted by Crippen LogP contribution is -2.13. The van der Waals surface area contributed by atoms with Crippen molar-refractivity contribution < 1.29 is 13.2 Å². The topological polar surface area (TPSA) is 75.3 Å². The number of hydrogen-bond donors (Lipinski definition) is 2. The Hall–Kier alpha value is -2.57. The quantitative estimate of drug-likeness (QED) is 0.746. The molecule has 3 aromatic rings. The summed E-state index contributed by atoms with van der Waals surface area (Å²) in [6.07, 6.45) is 0. The molecule has 24 heavy (non-hydrogen) atoms. The van der Waals surface area contributed by atoms with Crippen LogP contribution in [0.1, 0.15) is 10.4 Å². The van der Waals surface area contributed by atoms with Gasteiger partial charge in [-0.1, -0.05) is 23.7 Å². The maximum absolute atomic E-state index is 12.6. The monoisotopic (exact) mass is 358 g/mol. The molecule has 0 radical (unpaired) electrons. The van der Waals surface area contributed by atoms with Crippen molar-refractivity contribution >= 4 is 49.7 Å². The number of carbonyl (C=O) groups excluding carboxylic acids is 1. The van der Waals surface area contributed by atoms with Crippen molar-refractivity contribution in [3.05, 3.63) is 65.2 Å². The van der Waals surface area contributed by atoms with Gasteiger partial charge in [0.2, 0.25) is 0 Å². The van der Waals surface area contributed by atoms with Gasteiger partial charge in [0.05, 0.1) is 10.6 Å². The van der Waals surface area contributed by atoms with E-state index in [9.17, 15) is 13.2 Å². The average Bonchev–Trinajstić information content (AvgIpc) is 2.88. The Kier molecular flexibility index (Phi) is 3.26. The van der Waals surface area contributed by atoms with Gasteiger partial charge in [0.25, 0.3) is 15.9 Å². The van der Waals surface area contributed by atoms with E-state index in [0.29, 0.717) is 27.3 Å².